The van der Waals surface area contributed by atoms with Crippen molar-refractivity contribution in [3.8, 4) is 23.3 Å². The maximum absolute atomic E-state index is 13.1. The first-order valence-electron chi connectivity index (χ1n) is 9.98. The predicted octanol–water partition coefficient (Wildman–Crippen LogP) is 3.95. The summed E-state index contributed by atoms with van der Waals surface area (Å²) in [6.45, 7) is 1.96. The molecule has 1 atom stereocenters. The van der Waals surface area contributed by atoms with Crippen LogP contribution >= 0.6 is 0 Å². The zero-order valence-corrected chi connectivity index (χ0v) is 17.6. The minimum atomic E-state index is -0.411. The zero-order valence-electron chi connectivity index (χ0n) is 17.6. The van der Waals surface area contributed by atoms with Gasteiger partial charge in [-0.2, -0.15) is 5.26 Å². The number of nitrogens with zero attached hydrogens (tertiary/aromatic N) is 2. The number of hydrogen-bond acceptors (Lipinski definition) is 5. The Bertz CT molecular complexity index is 1270. The number of hydrogen-bond donors (Lipinski definition) is 0. The Kier molecular flexibility index (Phi) is 5.35. The van der Waals surface area contributed by atoms with Crippen LogP contribution < -0.4 is 15.0 Å². The van der Waals surface area contributed by atoms with E-state index in [1.807, 2.05) is 55.5 Å². The molecule has 0 saturated carbocycles. The van der Waals surface area contributed by atoms with Gasteiger partial charge in [0.05, 0.1) is 14.2 Å². The number of rotatable bonds is 4. The third kappa shape index (κ3) is 3.59. The Hall–Kier alpha value is -3.85. The number of carbonyl (C=O) groups excluding carboxylic acids is 1. The van der Waals surface area contributed by atoms with E-state index in [0.29, 0.717) is 41.3 Å². The minimum Gasteiger partial charge on any atom is -0.493 e. The van der Waals surface area contributed by atoms with E-state index in [1.165, 1.54) is 10.6 Å². The molecule has 0 fully saturated rings. The van der Waals surface area contributed by atoms with Crippen LogP contribution in [-0.2, 0) is 6.42 Å². The molecule has 0 unspecified atom stereocenters. The molecule has 1 heterocycles. The van der Waals surface area contributed by atoms with Crippen molar-refractivity contribution in [3.05, 3.63) is 86.8 Å². The molecule has 0 radical (unpaired) electrons. The van der Waals surface area contributed by atoms with Crippen LogP contribution in [-0.4, -0.2) is 24.6 Å². The molecular weight excluding hydrogens is 392 g/mol. The molecular formula is C25H22N2O4. The lowest BCUT2D eigenvalue weighted by Gasteiger charge is -2.27. The number of aromatic nitrogens is 1. The van der Waals surface area contributed by atoms with Gasteiger partial charge in [0.25, 0.3) is 5.56 Å². The van der Waals surface area contributed by atoms with E-state index in [4.69, 9.17) is 9.47 Å². The molecule has 0 bridgehead atoms. The van der Waals surface area contributed by atoms with Crippen molar-refractivity contribution in [3.63, 3.8) is 0 Å². The number of pyridine rings is 1. The lowest BCUT2D eigenvalue weighted by atomic mass is 9.81. The van der Waals surface area contributed by atoms with Gasteiger partial charge in [-0.25, -0.2) is 0 Å². The number of carbonyl (C=O) groups is 1. The molecule has 156 valence electrons. The molecule has 0 amide bonds. The van der Waals surface area contributed by atoms with Crippen LogP contribution in [0.25, 0.3) is 5.69 Å². The molecule has 6 nitrogen and oxygen atoms in total. The summed E-state index contributed by atoms with van der Waals surface area (Å²) < 4.78 is 12.2. The highest BCUT2D eigenvalue weighted by Gasteiger charge is 2.31. The number of benzene rings is 2. The van der Waals surface area contributed by atoms with Gasteiger partial charge in [0.2, 0.25) is 0 Å². The van der Waals surface area contributed by atoms with E-state index in [-0.39, 0.29) is 17.3 Å². The second-order valence-electron chi connectivity index (χ2n) is 7.65. The normalized spacial score (nSPS) is 15.2. The quantitative estimate of drug-likeness (QED) is 0.646. The lowest BCUT2D eigenvalue weighted by Crippen LogP contribution is -2.31. The van der Waals surface area contributed by atoms with Gasteiger partial charge in [-0.05, 0) is 55.2 Å². The fraction of sp³-hybridized carbons (Fsp3) is 0.240. The Morgan fingerprint density at radius 2 is 1.68 bits per heavy atom. The summed E-state index contributed by atoms with van der Waals surface area (Å²) in [6.07, 6.45) is 0.783. The standard InChI is InChI=1S/C25H22N2O4/c1-15-4-7-19(8-5-15)27-21-11-17(16-6-9-23(30-2)24(13-16)31-3)12-22(28)20(21)10-18(14-26)25(27)29/h4-10,13,17H,11-12H2,1-3H3/t17-/m0/s1. The van der Waals surface area contributed by atoms with E-state index in [9.17, 15) is 14.9 Å². The van der Waals surface area contributed by atoms with Gasteiger partial charge in [0.1, 0.15) is 11.6 Å². The number of nitriles is 1. The molecule has 6 heteroatoms. The van der Waals surface area contributed by atoms with Crippen molar-refractivity contribution in [1.82, 2.24) is 4.57 Å². The molecule has 2 aromatic carbocycles. The molecule has 0 N–H and O–H groups in total. The summed E-state index contributed by atoms with van der Waals surface area (Å²) in [5, 5.41) is 9.46. The van der Waals surface area contributed by atoms with Crippen LogP contribution in [0.1, 0.15) is 45.1 Å². The van der Waals surface area contributed by atoms with Crippen molar-refractivity contribution in [2.24, 2.45) is 0 Å². The largest absolute Gasteiger partial charge is 0.493 e. The topological polar surface area (TPSA) is 81.3 Å². The van der Waals surface area contributed by atoms with Crippen molar-refractivity contribution in [2.75, 3.05) is 14.2 Å². The summed E-state index contributed by atoms with van der Waals surface area (Å²) in [5.41, 5.74) is 3.26. The fourth-order valence-electron chi connectivity index (χ4n) is 4.12. The minimum absolute atomic E-state index is 0.0303. The van der Waals surface area contributed by atoms with Gasteiger partial charge < -0.3 is 9.47 Å². The molecule has 0 spiro atoms. The number of methoxy groups -OCH3 is 2. The summed E-state index contributed by atoms with van der Waals surface area (Å²) in [5.74, 6) is 1.00. The van der Waals surface area contributed by atoms with Gasteiger partial charge in [-0.3, -0.25) is 14.2 Å². The van der Waals surface area contributed by atoms with Gasteiger partial charge in [-0.15, -0.1) is 0 Å². The van der Waals surface area contributed by atoms with Crippen LogP contribution in [0.5, 0.6) is 11.5 Å². The number of Topliss-reactive ketones (excluding diaryl/α,β-unsaturated/α-hetero) is 1. The van der Waals surface area contributed by atoms with Crippen LogP contribution in [0, 0.1) is 18.3 Å². The van der Waals surface area contributed by atoms with E-state index < -0.39 is 5.56 Å². The zero-order chi connectivity index (χ0) is 22.1. The molecule has 1 aliphatic rings. The van der Waals surface area contributed by atoms with Crippen LogP contribution in [0.15, 0.2) is 53.3 Å². The van der Waals surface area contributed by atoms with Crippen molar-refractivity contribution >= 4 is 5.78 Å². The first-order valence-corrected chi connectivity index (χ1v) is 9.98. The first kappa shape index (κ1) is 20.4. The Morgan fingerprint density at radius 3 is 2.32 bits per heavy atom. The highest BCUT2D eigenvalue weighted by Crippen LogP contribution is 2.37. The second kappa shape index (κ2) is 8.11. The molecule has 1 aliphatic carbocycles. The summed E-state index contributed by atoms with van der Waals surface area (Å²) in [6, 6.07) is 16.5. The van der Waals surface area contributed by atoms with Crippen molar-refractivity contribution in [1.29, 1.82) is 5.26 Å². The van der Waals surface area contributed by atoms with E-state index in [1.54, 1.807) is 14.2 Å². The number of aryl methyl sites for hydroxylation is 1. The van der Waals surface area contributed by atoms with Gasteiger partial charge in [-0.1, -0.05) is 23.8 Å². The third-order valence-corrected chi connectivity index (χ3v) is 5.77. The van der Waals surface area contributed by atoms with E-state index in [2.05, 4.69) is 0 Å². The van der Waals surface area contributed by atoms with Crippen molar-refractivity contribution in [2.45, 2.75) is 25.7 Å². The number of fused-ring (bicyclic) bond motifs is 1. The average molecular weight is 414 g/mol. The first-order chi connectivity index (χ1) is 15.0. The molecule has 0 saturated heterocycles. The maximum atomic E-state index is 13.1. The number of ketones is 1. The smallest absolute Gasteiger partial charge is 0.273 e. The fourth-order valence-corrected chi connectivity index (χ4v) is 4.12. The molecule has 3 aromatic rings. The van der Waals surface area contributed by atoms with Crippen LogP contribution in [0.2, 0.25) is 0 Å². The van der Waals surface area contributed by atoms with Gasteiger partial charge in [0, 0.05) is 23.4 Å². The monoisotopic (exact) mass is 414 g/mol. The molecule has 0 aliphatic heterocycles. The summed E-state index contributed by atoms with van der Waals surface area (Å²) in [7, 11) is 3.15. The second-order valence-corrected chi connectivity index (χ2v) is 7.65. The van der Waals surface area contributed by atoms with Crippen LogP contribution in [0.3, 0.4) is 0 Å². The van der Waals surface area contributed by atoms with Gasteiger partial charge in [0.15, 0.2) is 17.3 Å². The van der Waals surface area contributed by atoms with Crippen molar-refractivity contribution < 1.29 is 14.3 Å². The summed E-state index contributed by atoms with van der Waals surface area (Å²) >= 11 is 0. The molecule has 4 rings (SSSR count). The lowest BCUT2D eigenvalue weighted by molar-refractivity contribution is 0.0962. The average Bonchev–Trinajstić information content (AvgIpc) is 2.79. The summed E-state index contributed by atoms with van der Waals surface area (Å²) in [4.78, 5) is 26.2. The maximum Gasteiger partial charge on any atom is 0.273 e. The number of ether oxygens (including phenoxy) is 2. The van der Waals surface area contributed by atoms with Crippen LogP contribution in [0.4, 0.5) is 0 Å². The highest BCUT2D eigenvalue weighted by molar-refractivity contribution is 5.99. The Labute approximate surface area is 180 Å². The van der Waals surface area contributed by atoms with E-state index >= 15 is 0 Å². The third-order valence-electron chi connectivity index (χ3n) is 5.77. The Balaban J connectivity index is 1.87. The van der Waals surface area contributed by atoms with E-state index in [0.717, 1.165) is 11.1 Å². The molecule has 31 heavy (non-hydrogen) atoms. The Morgan fingerprint density at radius 1 is 0.968 bits per heavy atom. The predicted molar refractivity (Wildman–Crippen MR) is 116 cm³/mol. The highest BCUT2D eigenvalue weighted by atomic mass is 16.5. The molecule has 1 aromatic heterocycles. The van der Waals surface area contributed by atoms with Gasteiger partial charge >= 0.3 is 0 Å². The SMILES string of the molecule is COc1ccc([C@@H]2CC(=O)c3cc(C#N)c(=O)n(-c4ccc(C)cc4)c3C2)cc1OC.